The van der Waals surface area contributed by atoms with Gasteiger partial charge in [0.15, 0.2) is 11.6 Å². The predicted molar refractivity (Wildman–Crippen MR) is 157 cm³/mol. The molecule has 0 aromatic heterocycles. The molecular weight excluding hydrogens is 464 g/mol. The summed E-state index contributed by atoms with van der Waals surface area (Å²) in [6.07, 6.45) is 12.3. The van der Waals surface area contributed by atoms with Crippen LogP contribution in [0.15, 0.2) is 109 Å². The maximum atomic E-state index is 12.5. The topological polar surface area (TPSA) is 34.1 Å². The van der Waals surface area contributed by atoms with Gasteiger partial charge in [-0.2, -0.15) is 0 Å². The number of benzene rings is 4. The van der Waals surface area contributed by atoms with Crippen molar-refractivity contribution in [3.63, 3.8) is 0 Å². The van der Waals surface area contributed by atoms with Gasteiger partial charge >= 0.3 is 0 Å². The first-order chi connectivity index (χ1) is 18.7. The molecule has 0 saturated carbocycles. The van der Waals surface area contributed by atoms with Crippen molar-refractivity contribution < 1.29 is 9.59 Å². The summed E-state index contributed by atoms with van der Waals surface area (Å²) < 4.78 is 0. The number of aryl methyl sites for hydroxylation is 2. The van der Waals surface area contributed by atoms with Gasteiger partial charge in [-0.3, -0.25) is 9.59 Å². The van der Waals surface area contributed by atoms with Crippen LogP contribution >= 0.6 is 0 Å². The summed E-state index contributed by atoms with van der Waals surface area (Å²) in [6.45, 7) is 0. The minimum absolute atomic E-state index is 0.0883. The van der Waals surface area contributed by atoms with Crippen molar-refractivity contribution in [3.8, 4) is 0 Å². The Kier molecular flexibility index (Phi) is 10.6. The lowest BCUT2D eigenvalue weighted by atomic mass is 9.99. The zero-order valence-electron chi connectivity index (χ0n) is 22.3. The number of hydrogen-bond donors (Lipinski definition) is 0. The van der Waals surface area contributed by atoms with E-state index in [1.807, 2.05) is 84.9 Å². The molecule has 4 aromatic rings. The minimum Gasteiger partial charge on any atom is -0.289 e. The van der Waals surface area contributed by atoms with Crippen LogP contribution in [0.4, 0.5) is 0 Å². The molecule has 2 nitrogen and oxygen atoms in total. The molecule has 0 fully saturated rings. The average Bonchev–Trinajstić information content (AvgIpc) is 2.99. The van der Waals surface area contributed by atoms with Crippen LogP contribution in [0.2, 0.25) is 0 Å². The van der Waals surface area contributed by atoms with Crippen LogP contribution in [0, 0.1) is 0 Å². The van der Waals surface area contributed by atoms with Gasteiger partial charge in [0.05, 0.1) is 0 Å². The van der Waals surface area contributed by atoms with Gasteiger partial charge in [0.25, 0.3) is 0 Å². The second kappa shape index (κ2) is 14.8. The van der Waals surface area contributed by atoms with E-state index in [0.29, 0.717) is 0 Å². The highest BCUT2D eigenvalue weighted by molar-refractivity contribution is 6.09. The highest BCUT2D eigenvalue weighted by Gasteiger charge is 2.09. The number of hydrogen-bond acceptors (Lipinski definition) is 2. The second-order valence-electron chi connectivity index (χ2n) is 10.1. The molecule has 0 unspecified atom stereocenters. The second-order valence-corrected chi connectivity index (χ2v) is 10.1. The number of carbonyl (C=O) groups excluding carboxylic acids is 2. The summed E-state index contributed by atoms with van der Waals surface area (Å²) in [7, 11) is 0. The van der Waals surface area contributed by atoms with E-state index in [1.54, 1.807) is 0 Å². The van der Waals surface area contributed by atoms with Crippen molar-refractivity contribution in [1.82, 2.24) is 0 Å². The molecule has 2 heteroatoms. The van der Waals surface area contributed by atoms with Gasteiger partial charge in [0.2, 0.25) is 0 Å². The smallest absolute Gasteiger partial charge is 0.193 e. The van der Waals surface area contributed by atoms with Gasteiger partial charge < -0.3 is 0 Å². The van der Waals surface area contributed by atoms with Gasteiger partial charge in [-0.1, -0.05) is 148 Å². The first-order valence-electron chi connectivity index (χ1n) is 14.1. The van der Waals surface area contributed by atoms with Crippen molar-refractivity contribution in [2.75, 3.05) is 0 Å². The zero-order chi connectivity index (χ0) is 26.4. The molecule has 0 spiro atoms. The summed E-state index contributed by atoms with van der Waals surface area (Å²) in [5, 5.41) is 0. The summed E-state index contributed by atoms with van der Waals surface area (Å²) in [4.78, 5) is 25.0. The molecule has 0 N–H and O–H groups in total. The van der Waals surface area contributed by atoms with Gasteiger partial charge in [0.1, 0.15) is 0 Å². The van der Waals surface area contributed by atoms with E-state index in [9.17, 15) is 9.59 Å². The summed E-state index contributed by atoms with van der Waals surface area (Å²) in [5.41, 5.74) is 5.63. The molecule has 0 atom stereocenters. The van der Waals surface area contributed by atoms with Crippen LogP contribution in [-0.2, 0) is 12.8 Å². The molecule has 0 aliphatic carbocycles. The fraction of sp³-hybridized carbons (Fsp3) is 0.278. The van der Waals surface area contributed by atoms with E-state index in [0.717, 1.165) is 35.1 Å². The average molecular weight is 503 g/mol. The third-order valence-corrected chi connectivity index (χ3v) is 7.19. The van der Waals surface area contributed by atoms with Crippen molar-refractivity contribution in [1.29, 1.82) is 0 Å². The highest BCUT2D eigenvalue weighted by Crippen LogP contribution is 2.16. The van der Waals surface area contributed by atoms with Gasteiger partial charge in [-0.25, -0.2) is 0 Å². The van der Waals surface area contributed by atoms with Crippen LogP contribution in [-0.4, -0.2) is 11.6 Å². The first kappa shape index (κ1) is 27.3. The van der Waals surface area contributed by atoms with Gasteiger partial charge in [-0.05, 0) is 36.8 Å². The number of ketones is 2. The Morgan fingerprint density at radius 3 is 0.974 bits per heavy atom. The third kappa shape index (κ3) is 8.38. The number of unbranched alkanes of at least 4 members (excludes halogenated alkanes) is 7. The van der Waals surface area contributed by atoms with Crippen LogP contribution in [0.3, 0.4) is 0 Å². The maximum Gasteiger partial charge on any atom is 0.193 e. The lowest BCUT2D eigenvalue weighted by Crippen LogP contribution is -2.01. The molecule has 0 amide bonds. The Hall–Kier alpha value is -3.78. The summed E-state index contributed by atoms with van der Waals surface area (Å²) >= 11 is 0. The molecule has 4 rings (SSSR count). The molecule has 0 saturated heterocycles. The normalized spacial score (nSPS) is 10.8. The molecule has 0 bridgehead atoms. The lowest BCUT2D eigenvalue weighted by molar-refractivity contribution is 0.103. The maximum absolute atomic E-state index is 12.5. The Balaban J connectivity index is 1.03. The molecule has 4 aromatic carbocycles. The molecule has 194 valence electrons. The van der Waals surface area contributed by atoms with E-state index in [1.165, 1.54) is 62.5 Å². The standard InChI is InChI=1S/C36H38O2/c37-35(31-17-11-7-12-18-31)33-25-21-29(22-26-33)15-9-5-3-1-2-4-6-10-16-30-23-27-34(28-24-30)36(38)32-19-13-8-14-20-32/h7-8,11-14,17-28H,1-6,9-10,15-16H2. The van der Waals surface area contributed by atoms with Gasteiger partial charge in [0, 0.05) is 22.3 Å². The van der Waals surface area contributed by atoms with Crippen molar-refractivity contribution in [2.45, 2.75) is 64.2 Å². The van der Waals surface area contributed by atoms with E-state index < -0.39 is 0 Å². The first-order valence-corrected chi connectivity index (χ1v) is 14.1. The van der Waals surface area contributed by atoms with Crippen molar-refractivity contribution >= 4 is 11.6 Å². The summed E-state index contributed by atoms with van der Waals surface area (Å²) in [6, 6.07) is 35.2. The van der Waals surface area contributed by atoms with Crippen molar-refractivity contribution in [3.05, 3.63) is 143 Å². The van der Waals surface area contributed by atoms with E-state index in [2.05, 4.69) is 24.3 Å². The van der Waals surface area contributed by atoms with E-state index in [-0.39, 0.29) is 11.6 Å². The van der Waals surface area contributed by atoms with E-state index in [4.69, 9.17) is 0 Å². The largest absolute Gasteiger partial charge is 0.289 e. The molecule has 0 heterocycles. The monoisotopic (exact) mass is 502 g/mol. The fourth-order valence-electron chi connectivity index (χ4n) is 4.88. The van der Waals surface area contributed by atoms with Crippen LogP contribution in [0.25, 0.3) is 0 Å². The summed E-state index contributed by atoms with van der Waals surface area (Å²) in [5.74, 6) is 0.177. The molecular formula is C36H38O2. The number of carbonyl (C=O) groups is 2. The van der Waals surface area contributed by atoms with Crippen molar-refractivity contribution in [2.24, 2.45) is 0 Å². The highest BCUT2D eigenvalue weighted by atomic mass is 16.1. The molecule has 38 heavy (non-hydrogen) atoms. The van der Waals surface area contributed by atoms with Crippen LogP contribution in [0.5, 0.6) is 0 Å². The molecule has 0 radical (unpaired) electrons. The lowest BCUT2D eigenvalue weighted by Gasteiger charge is -2.06. The minimum atomic E-state index is 0.0883. The Morgan fingerprint density at radius 2 is 0.632 bits per heavy atom. The Morgan fingerprint density at radius 1 is 0.342 bits per heavy atom. The van der Waals surface area contributed by atoms with Crippen LogP contribution in [0.1, 0.15) is 94.3 Å². The molecule has 0 aliphatic heterocycles. The third-order valence-electron chi connectivity index (χ3n) is 7.19. The van der Waals surface area contributed by atoms with Crippen LogP contribution < -0.4 is 0 Å². The Labute approximate surface area is 227 Å². The quantitative estimate of drug-likeness (QED) is 0.120. The molecule has 0 aliphatic rings. The Bertz CT molecular complexity index is 1150. The fourth-order valence-corrected chi connectivity index (χ4v) is 4.88. The van der Waals surface area contributed by atoms with E-state index >= 15 is 0 Å². The predicted octanol–water partition coefficient (Wildman–Crippen LogP) is 9.05. The SMILES string of the molecule is O=C(c1ccccc1)c1ccc(CCCCCCCCCCc2ccc(C(=O)c3ccccc3)cc2)cc1. The number of rotatable bonds is 15. The zero-order valence-corrected chi connectivity index (χ0v) is 22.3. The van der Waals surface area contributed by atoms with Gasteiger partial charge in [-0.15, -0.1) is 0 Å².